The topological polar surface area (TPSA) is 70.4 Å². The lowest BCUT2D eigenvalue weighted by molar-refractivity contribution is -0.126. The van der Waals surface area contributed by atoms with Gasteiger partial charge in [-0.05, 0) is 24.1 Å². The van der Waals surface area contributed by atoms with E-state index in [9.17, 15) is 9.59 Å². The van der Waals surface area contributed by atoms with E-state index in [-0.39, 0.29) is 5.78 Å². The highest BCUT2D eigenvalue weighted by Crippen LogP contribution is 2.28. The first-order valence-electron chi connectivity index (χ1n) is 6.04. The van der Waals surface area contributed by atoms with Gasteiger partial charge in [-0.25, -0.2) is 4.79 Å². The number of amides is 1. The summed E-state index contributed by atoms with van der Waals surface area (Å²) in [6.45, 7) is 0.503. The molecule has 0 aliphatic carbocycles. The van der Waals surface area contributed by atoms with Gasteiger partial charge in [0, 0.05) is 13.0 Å². The smallest absolute Gasteiger partial charge is 0.410 e. The van der Waals surface area contributed by atoms with Crippen LogP contribution in [0.25, 0.3) is 0 Å². The first-order valence-corrected chi connectivity index (χ1v) is 6.04. The number of carbonyl (C=O) groups excluding carboxylic acids is 2. The number of piperidine rings is 1. The SMILES string of the molecule is COC(=O)N1CCCC(=O)C1c1ccc(C#N)cc1. The number of carbonyl (C=O) groups is 2. The Balaban J connectivity index is 2.33. The first-order chi connectivity index (χ1) is 9.17. The average molecular weight is 258 g/mol. The summed E-state index contributed by atoms with van der Waals surface area (Å²) >= 11 is 0. The van der Waals surface area contributed by atoms with Gasteiger partial charge in [0.15, 0.2) is 5.78 Å². The van der Waals surface area contributed by atoms with Crippen LogP contribution < -0.4 is 0 Å². The summed E-state index contributed by atoms with van der Waals surface area (Å²) in [6, 6.07) is 8.13. The number of benzene rings is 1. The lowest BCUT2D eigenvalue weighted by atomic mass is 9.94. The predicted molar refractivity (Wildman–Crippen MR) is 67.3 cm³/mol. The summed E-state index contributed by atoms with van der Waals surface area (Å²) in [5, 5.41) is 8.77. The van der Waals surface area contributed by atoms with E-state index in [0.29, 0.717) is 30.5 Å². The minimum absolute atomic E-state index is 0.00126. The quantitative estimate of drug-likeness (QED) is 0.772. The third kappa shape index (κ3) is 2.58. The molecule has 1 saturated heterocycles. The maximum atomic E-state index is 12.1. The van der Waals surface area contributed by atoms with Crippen molar-refractivity contribution in [3.8, 4) is 6.07 Å². The van der Waals surface area contributed by atoms with Gasteiger partial charge in [-0.1, -0.05) is 12.1 Å². The van der Waals surface area contributed by atoms with Crippen LogP contribution in [0, 0.1) is 11.3 Å². The highest BCUT2D eigenvalue weighted by atomic mass is 16.5. The molecule has 1 amide bonds. The molecule has 1 atom stereocenters. The van der Waals surface area contributed by atoms with E-state index < -0.39 is 12.1 Å². The maximum absolute atomic E-state index is 12.1. The summed E-state index contributed by atoms with van der Waals surface area (Å²) in [5.74, 6) is 0.00126. The van der Waals surface area contributed by atoms with Crippen molar-refractivity contribution in [3.63, 3.8) is 0 Å². The van der Waals surface area contributed by atoms with E-state index in [1.54, 1.807) is 24.3 Å². The molecule has 19 heavy (non-hydrogen) atoms. The van der Waals surface area contributed by atoms with Crippen molar-refractivity contribution in [1.29, 1.82) is 5.26 Å². The Morgan fingerprint density at radius 1 is 1.42 bits per heavy atom. The molecule has 0 aromatic heterocycles. The van der Waals surface area contributed by atoms with Gasteiger partial charge in [0.25, 0.3) is 0 Å². The number of nitriles is 1. The minimum Gasteiger partial charge on any atom is -0.453 e. The molecule has 1 aliphatic rings. The van der Waals surface area contributed by atoms with Crippen LogP contribution in [0.1, 0.15) is 30.0 Å². The lowest BCUT2D eigenvalue weighted by Gasteiger charge is -2.33. The number of hydrogen-bond acceptors (Lipinski definition) is 4. The van der Waals surface area contributed by atoms with Gasteiger partial charge in [0.1, 0.15) is 6.04 Å². The number of likely N-dealkylation sites (tertiary alicyclic amines) is 1. The molecule has 0 saturated carbocycles. The van der Waals surface area contributed by atoms with E-state index in [2.05, 4.69) is 0 Å². The molecule has 5 nitrogen and oxygen atoms in total. The summed E-state index contributed by atoms with van der Waals surface area (Å²) in [4.78, 5) is 25.2. The molecule has 1 unspecified atom stereocenters. The zero-order chi connectivity index (χ0) is 13.8. The third-order valence-electron chi connectivity index (χ3n) is 3.20. The predicted octanol–water partition coefficient (Wildman–Crippen LogP) is 2.03. The number of ether oxygens (including phenoxy) is 1. The highest BCUT2D eigenvalue weighted by Gasteiger charge is 2.34. The normalized spacial score (nSPS) is 18.8. The lowest BCUT2D eigenvalue weighted by Crippen LogP contribution is -2.43. The second kappa shape index (κ2) is 5.53. The molecule has 0 radical (unpaired) electrons. The number of rotatable bonds is 1. The molecule has 1 aliphatic heterocycles. The van der Waals surface area contributed by atoms with E-state index in [4.69, 9.17) is 10.00 Å². The van der Waals surface area contributed by atoms with Crippen molar-refractivity contribution in [2.75, 3.05) is 13.7 Å². The van der Waals surface area contributed by atoms with Crippen LogP contribution in [0.4, 0.5) is 4.79 Å². The molecule has 5 heteroatoms. The van der Waals surface area contributed by atoms with Crippen LogP contribution in [0.3, 0.4) is 0 Å². The fourth-order valence-corrected chi connectivity index (χ4v) is 2.28. The highest BCUT2D eigenvalue weighted by molar-refractivity contribution is 5.89. The van der Waals surface area contributed by atoms with Gasteiger partial charge in [-0.15, -0.1) is 0 Å². The number of methoxy groups -OCH3 is 1. The largest absolute Gasteiger partial charge is 0.453 e. The van der Waals surface area contributed by atoms with E-state index in [1.807, 2.05) is 6.07 Å². The second-order valence-corrected chi connectivity index (χ2v) is 4.37. The Labute approximate surface area is 111 Å². The van der Waals surface area contributed by atoms with E-state index in [1.165, 1.54) is 12.0 Å². The zero-order valence-electron chi connectivity index (χ0n) is 10.6. The average Bonchev–Trinajstić information content (AvgIpc) is 2.46. The molecular formula is C14H14N2O3. The molecule has 1 fully saturated rings. The van der Waals surface area contributed by atoms with Gasteiger partial charge < -0.3 is 4.74 Å². The molecule has 1 aromatic rings. The summed E-state index contributed by atoms with van der Waals surface area (Å²) in [6.07, 6.45) is 0.612. The van der Waals surface area contributed by atoms with Crippen molar-refractivity contribution in [1.82, 2.24) is 4.90 Å². The minimum atomic E-state index is -0.603. The van der Waals surface area contributed by atoms with Gasteiger partial charge in [-0.3, -0.25) is 9.69 Å². The van der Waals surface area contributed by atoms with Crippen LogP contribution >= 0.6 is 0 Å². The van der Waals surface area contributed by atoms with Gasteiger partial charge >= 0.3 is 6.09 Å². The molecular weight excluding hydrogens is 244 g/mol. The number of nitrogens with zero attached hydrogens (tertiary/aromatic N) is 2. The Hall–Kier alpha value is -2.35. The van der Waals surface area contributed by atoms with E-state index >= 15 is 0 Å². The number of Topliss-reactive ketones (excluding diaryl/α,β-unsaturated/α-hetero) is 1. The Morgan fingerprint density at radius 2 is 2.11 bits per heavy atom. The molecule has 0 bridgehead atoms. The Kier molecular flexibility index (Phi) is 3.81. The van der Waals surface area contributed by atoms with Crippen molar-refractivity contribution < 1.29 is 14.3 Å². The first kappa shape index (κ1) is 13.1. The summed E-state index contributed by atoms with van der Waals surface area (Å²) in [7, 11) is 1.30. The Morgan fingerprint density at radius 3 is 2.68 bits per heavy atom. The number of hydrogen-bond donors (Lipinski definition) is 0. The number of ketones is 1. The summed E-state index contributed by atoms with van der Waals surface area (Å²) < 4.78 is 4.72. The maximum Gasteiger partial charge on any atom is 0.410 e. The van der Waals surface area contributed by atoms with Crippen LogP contribution in [-0.2, 0) is 9.53 Å². The van der Waals surface area contributed by atoms with E-state index in [0.717, 1.165) is 0 Å². The molecule has 0 spiro atoms. The van der Waals surface area contributed by atoms with Crippen molar-refractivity contribution >= 4 is 11.9 Å². The van der Waals surface area contributed by atoms with Crippen LogP contribution in [0.5, 0.6) is 0 Å². The summed E-state index contributed by atoms with van der Waals surface area (Å²) in [5.41, 5.74) is 1.24. The van der Waals surface area contributed by atoms with Crippen LogP contribution in [0.2, 0.25) is 0 Å². The van der Waals surface area contributed by atoms with Gasteiger partial charge in [0.05, 0.1) is 18.7 Å². The van der Waals surface area contributed by atoms with Crippen molar-refractivity contribution in [2.45, 2.75) is 18.9 Å². The van der Waals surface area contributed by atoms with Crippen LogP contribution in [0.15, 0.2) is 24.3 Å². The monoisotopic (exact) mass is 258 g/mol. The molecule has 0 N–H and O–H groups in total. The zero-order valence-corrected chi connectivity index (χ0v) is 10.6. The second-order valence-electron chi connectivity index (χ2n) is 4.37. The van der Waals surface area contributed by atoms with Crippen molar-refractivity contribution in [2.24, 2.45) is 0 Å². The fraction of sp³-hybridized carbons (Fsp3) is 0.357. The molecule has 1 heterocycles. The fourth-order valence-electron chi connectivity index (χ4n) is 2.28. The van der Waals surface area contributed by atoms with Gasteiger partial charge in [0.2, 0.25) is 0 Å². The Bertz CT molecular complexity index is 531. The standard InChI is InChI=1S/C14H14N2O3/c1-19-14(18)16-8-2-3-12(17)13(16)11-6-4-10(9-15)5-7-11/h4-7,13H,2-3,8H2,1H3. The van der Waals surface area contributed by atoms with Crippen LogP contribution in [-0.4, -0.2) is 30.4 Å². The molecule has 2 rings (SSSR count). The third-order valence-corrected chi connectivity index (χ3v) is 3.20. The molecule has 98 valence electrons. The molecule has 1 aromatic carbocycles. The van der Waals surface area contributed by atoms with Gasteiger partial charge in [-0.2, -0.15) is 5.26 Å². The van der Waals surface area contributed by atoms with Crippen molar-refractivity contribution in [3.05, 3.63) is 35.4 Å².